The second-order valence-electron chi connectivity index (χ2n) is 2.60. The fourth-order valence-corrected chi connectivity index (χ4v) is 1.30. The van der Waals surface area contributed by atoms with Crippen molar-refractivity contribution >= 4 is 33.2 Å². The van der Waals surface area contributed by atoms with Crippen LogP contribution in [0.3, 0.4) is 0 Å². The molecule has 1 aromatic carbocycles. The Labute approximate surface area is 92.4 Å². The number of rotatable bonds is 2. The Balaban J connectivity index is 2.65. The van der Waals surface area contributed by atoms with Crippen LogP contribution in [0, 0.1) is 0 Å². The summed E-state index contributed by atoms with van der Waals surface area (Å²) in [6, 6.07) is 4.50. The summed E-state index contributed by atoms with van der Waals surface area (Å²) in [5.41, 5.74) is 0.374. The van der Waals surface area contributed by atoms with Gasteiger partial charge in [-0.05, 0) is 34.1 Å². The molecule has 0 atom stereocenters. The molecule has 1 nitrogen and oxygen atoms in total. The van der Waals surface area contributed by atoms with E-state index >= 15 is 0 Å². The van der Waals surface area contributed by atoms with Crippen LogP contribution < -0.4 is 5.32 Å². The summed E-state index contributed by atoms with van der Waals surface area (Å²) in [5, 5.41) is 2.70. The first-order chi connectivity index (χ1) is 6.38. The van der Waals surface area contributed by atoms with E-state index in [0.717, 1.165) is 0 Å². The van der Waals surface area contributed by atoms with E-state index < -0.39 is 12.7 Å². The molecule has 0 fully saturated rings. The van der Waals surface area contributed by atoms with Gasteiger partial charge in [0.15, 0.2) is 0 Å². The first-order valence-corrected chi connectivity index (χ1v) is 4.81. The van der Waals surface area contributed by atoms with E-state index in [2.05, 4.69) is 21.2 Å². The molecule has 14 heavy (non-hydrogen) atoms. The summed E-state index contributed by atoms with van der Waals surface area (Å²) >= 11 is 8.79. The number of hydrogen-bond acceptors (Lipinski definition) is 1. The normalized spacial score (nSPS) is 11.5. The summed E-state index contributed by atoms with van der Waals surface area (Å²) in [6.07, 6.45) is -4.22. The van der Waals surface area contributed by atoms with Crippen molar-refractivity contribution in [1.82, 2.24) is 0 Å². The molecule has 0 amide bonds. The molecule has 0 radical (unpaired) electrons. The second kappa shape index (κ2) is 4.40. The fourth-order valence-electron chi connectivity index (χ4n) is 0.808. The maximum absolute atomic E-state index is 11.8. The molecule has 0 saturated heterocycles. The van der Waals surface area contributed by atoms with Crippen LogP contribution in [0.15, 0.2) is 22.7 Å². The van der Waals surface area contributed by atoms with Crippen LogP contribution in [0.25, 0.3) is 0 Å². The first-order valence-electron chi connectivity index (χ1n) is 3.64. The molecule has 0 bridgehead atoms. The third-order valence-corrected chi connectivity index (χ3v) is 2.63. The van der Waals surface area contributed by atoms with Crippen molar-refractivity contribution < 1.29 is 13.2 Å². The summed E-state index contributed by atoms with van der Waals surface area (Å²) in [4.78, 5) is 0. The van der Waals surface area contributed by atoms with Gasteiger partial charge in [-0.1, -0.05) is 11.6 Å². The van der Waals surface area contributed by atoms with Crippen molar-refractivity contribution in [3.63, 3.8) is 0 Å². The SMILES string of the molecule is FC(F)(F)CNc1ccc(Cl)c(Br)c1. The van der Waals surface area contributed by atoms with Crippen LogP contribution in [0.5, 0.6) is 0 Å². The molecule has 0 unspecified atom stereocenters. The summed E-state index contributed by atoms with van der Waals surface area (Å²) in [6.45, 7) is -1.05. The molecule has 1 rings (SSSR count). The van der Waals surface area contributed by atoms with Crippen molar-refractivity contribution in [2.75, 3.05) is 11.9 Å². The lowest BCUT2D eigenvalue weighted by Gasteiger charge is -2.09. The molecule has 1 N–H and O–H groups in total. The number of hydrogen-bond donors (Lipinski definition) is 1. The molecule has 1 aromatic rings. The molecule has 0 saturated carbocycles. The van der Waals surface area contributed by atoms with Gasteiger partial charge >= 0.3 is 6.18 Å². The molecule has 78 valence electrons. The van der Waals surface area contributed by atoms with Gasteiger partial charge in [-0.3, -0.25) is 0 Å². The Kier molecular flexibility index (Phi) is 3.66. The number of anilines is 1. The Morgan fingerprint density at radius 2 is 2.00 bits per heavy atom. The highest BCUT2D eigenvalue weighted by atomic mass is 79.9. The van der Waals surface area contributed by atoms with E-state index in [1.165, 1.54) is 18.2 Å². The van der Waals surface area contributed by atoms with Crippen LogP contribution in [0.2, 0.25) is 5.02 Å². The third kappa shape index (κ3) is 3.75. The predicted molar refractivity (Wildman–Crippen MR) is 53.7 cm³/mol. The Bertz CT molecular complexity index is 327. The third-order valence-electron chi connectivity index (χ3n) is 1.41. The van der Waals surface area contributed by atoms with Gasteiger partial charge in [0.25, 0.3) is 0 Å². The molecule has 0 aliphatic rings. The predicted octanol–water partition coefficient (Wildman–Crippen LogP) is 4.08. The lowest BCUT2D eigenvalue weighted by atomic mass is 10.3. The van der Waals surface area contributed by atoms with E-state index in [-0.39, 0.29) is 0 Å². The molecule has 0 aromatic heterocycles. The summed E-state index contributed by atoms with van der Waals surface area (Å²) in [5.74, 6) is 0. The summed E-state index contributed by atoms with van der Waals surface area (Å²) in [7, 11) is 0. The first kappa shape index (κ1) is 11.7. The van der Waals surface area contributed by atoms with Crippen LogP contribution >= 0.6 is 27.5 Å². The smallest absolute Gasteiger partial charge is 0.376 e. The van der Waals surface area contributed by atoms with E-state index in [1.807, 2.05) is 0 Å². The van der Waals surface area contributed by atoms with Crippen molar-refractivity contribution in [3.05, 3.63) is 27.7 Å². The largest absolute Gasteiger partial charge is 0.405 e. The lowest BCUT2D eigenvalue weighted by Crippen LogP contribution is -2.21. The minimum Gasteiger partial charge on any atom is -0.376 e. The van der Waals surface area contributed by atoms with Crippen molar-refractivity contribution in [1.29, 1.82) is 0 Å². The van der Waals surface area contributed by atoms with Gasteiger partial charge in [0.05, 0.1) is 5.02 Å². The number of benzene rings is 1. The maximum atomic E-state index is 11.8. The minimum atomic E-state index is -4.22. The maximum Gasteiger partial charge on any atom is 0.405 e. The van der Waals surface area contributed by atoms with Crippen molar-refractivity contribution in [2.45, 2.75) is 6.18 Å². The van der Waals surface area contributed by atoms with Crippen molar-refractivity contribution in [3.8, 4) is 0 Å². The van der Waals surface area contributed by atoms with E-state index in [4.69, 9.17) is 11.6 Å². The highest BCUT2D eigenvalue weighted by Gasteiger charge is 2.26. The monoisotopic (exact) mass is 287 g/mol. The number of nitrogens with one attached hydrogen (secondary N) is 1. The van der Waals surface area contributed by atoms with Gasteiger partial charge in [-0.15, -0.1) is 0 Å². The minimum absolute atomic E-state index is 0.374. The molecule has 0 heterocycles. The van der Waals surface area contributed by atoms with Crippen LogP contribution in [0.1, 0.15) is 0 Å². The van der Waals surface area contributed by atoms with Crippen LogP contribution in [-0.4, -0.2) is 12.7 Å². The number of halogens is 5. The Morgan fingerprint density at radius 3 is 2.50 bits per heavy atom. The average molecular weight is 288 g/mol. The quantitative estimate of drug-likeness (QED) is 0.865. The molecular formula is C8H6BrClF3N. The average Bonchev–Trinajstić information content (AvgIpc) is 2.06. The Morgan fingerprint density at radius 1 is 1.36 bits per heavy atom. The molecule has 0 aliphatic carbocycles. The van der Waals surface area contributed by atoms with Gasteiger partial charge in [-0.2, -0.15) is 13.2 Å². The van der Waals surface area contributed by atoms with Gasteiger partial charge in [0.1, 0.15) is 6.54 Å². The molecular weight excluding hydrogens is 282 g/mol. The highest BCUT2D eigenvalue weighted by molar-refractivity contribution is 9.10. The Hall–Kier alpha value is -0.420. The number of alkyl halides is 3. The highest BCUT2D eigenvalue weighted by Crippen LogP contribution is 2.26. The van der Waals surface area contributed by atoms with E-state index in [9.17, 15) is 13.2 Å². The van der Waals surface area contributed by atoms with Crippen LogP contribution in [-0.2, 0) is 0 Å². The molecule has 0 aliphatic heterocycles. The lowest BCUT2D eigenvalue weighted by molar-refractivity contribution is -0.115. The fraction of sp³-hybridized carbons (Fsp3) is 0.250. The van der Waals surface area contributed by atoms with Gasteiger partial charge in [-0.25, -0.2) is 0 Å². The summed E-state index contributed by atoms with van der Waals surface area (Å²) < 4.78 is 36.0. The molecule has 0 spiro atoms. The second-order valence-corrected chi connectivity index (χ2v) is 3.86. The standard InChI is InChI=1S/C8H6BrClF3N/c9-6-3-5(1-2-7(6)10)14-4-8(11,12)13/h1-3,14H,4H2. The van der Waals surface area contributed by atoms with Gasteiger partial charge in [0.2, 0.25) is 0 Å². The van der Waals surface area contributed by atoms with Crippen molar-refractivity contribution in [2.24, 2.45) is 0 Å². The van der Waals surface area contributed by atoms with E-state index in [0.29, 0.717) is 15.2 Å². The topological polar surface area (TPSA) is 12.0 Å². The van der Waals surface area contributed by atoms with E-state index in [1.54, 1.807) is 0 Å². The van der Waals surface area contributed by atoms with Crippen LogP contribution in [0.4, 0.5) is 18.9 Å². The zero-order valence-corrected chi connectivity index (χ0v) is 9.17. The van der Waals surface area contributed by atoms with Gasteiger partial charge in [0, 0.05) is 10.2 Å². The zero-order valence-electron chi connectivity index (χ0n) is 6.83. The molecule has 6 heteroatoms. The van der Waals surface area contributed by atoms with Gasteiger partial charge < -0.3 is 5.32 Å². The zero-order chi connectivity index (χ0) is 10.8.